The van der Waals surface area contributed by atoms with E-state index in [-0.39, 0.29) is 6.29 Å². The second-order valence-electron chi connectivity index (χ2n) is 2.92. The highest BCUT2D eigenvalue weighted by Crippen LogP contribution is 2.19. The largest absolute Gasteiger partial charge is 0.350 e. The molecule has 3 unspecified atom stereocenters. The minimum absolute atomic E-state index is 0.00583. The first-order valence-electron chi connectivity index (χ1n) is 4.03. The van der Waals surface area contributed by atoms with E-state index < -0.39 is 0 Å². The topological polar surface area (TPSA) is 18.5 Å². The second-order valence-corrected chi connectivity index (χ2v) is 2.92. The van der Waals surface area contributed by atoms with Crippen LogP contribution in [0.3, 0.4) is 0 Å². The zero-order valence-corrected chi connectivity index (χ0v) is 6.96. The zero-order chi connectivity index (χ0) is 7.56. The summed E-state index contributed by atoms with van der Waals surface area (Å²) in [5, 5.41) is 0. The van der Waals surface area contributed by atoms with E-state index in [1.807, 2.05) is 6.92 Å². The van der Waals surface area contributed by atoms with Gasteiger partial charge in [0.1, 0.15) is 0 Å². The van der Waals surface area contributed by atoms with E-state index in [4.69, 9.17) is 9.47 Å². The van der Waals surface area contributed by atoms with Crippen molar-refractivity contribution in [1.82, 2.24) is 0 Å². The van der Waals surface area contributed by atoms with Crippen LogP contribution in [0.15, 0.2) is 0 Å². The van der Waals surface area contributed by atoms with Gasteiger partial charge in [-0.05, 0) is 26.7 Å². The van der Waals surface area contributed by atoms with Crippen molar-refractivity contribution in [3.05, 3.63) is 0 Å². The van der Waals surface area contributed by atoms with E-state index >= 15 is 0 Å². The van der Waals surface area contributed by atoms with Crippen LogP contribution >= 0.6 is 0 Å². The molecule has 0 bridgehead atoms. The summed E-state index contributed by atoms with van der Waals surface area (Å²) in [6.07, 6.45) is 2.92. The Morgan fingerprint density at radius 2 is 2.00 bits per heavy atom. The van der Waals surface area contributed by atoms with Gasteiger partial charge >= 0.3 is 0 Å². The Hall–Kier alpha value is -0.0800. The number of hydrogen-bond acceptors (Lipinski definition) is 2. The normalized spacial score (nSPS) is 41.7. The average Bonchev–Trinajstić information content (AvgIpc) is 1.85. The number of hydrogen-bond donors (Lipinski definition) is 0. The lowest BCUT2D eigenvalue weighted by Crippen LogP contribution is -2.34. The molecule has 0 aliphatic carbocycles. The third-order valence-corrected chi connectivity index (χ3v) is 1.86. The van der Waals surface area contributed by atoms with Crippen molar-refractivity contribution >= 4 is 0 Å². The Balaban J connectivity index is 2.35. The molecule has 0 amide bonds. The molecule has 0 spiro atoms. The molecule has 1 aliphatic heterocycles. The highest BCUT2D eigenvalue weighted by molar-refractivity contribution is 4.66. The van der Waals surface area contributed by atoms with Gasteiger partial charge in [0, 0.05) is 0 Å². The summed E-state index contributed by atoms with van der Waals surface area (Å²) in [4.78, 5) is 0. The van der Waals surface area contributed by atoms with Gasteiger partial charge in [-0.1, -0.05) is 6.92 Å². The van der Waals surface area contributed by atoms with E-state index in [1.165, 1.54) is 0 Å². The third kappa shape index (κ3) is 1.96. The van der Waals surface area contributed by atoms with Crippen molar-refractivity contribution in [2.75, 3.05) is 0 Å². The summed E-state index contributed by atoms with van der Waals surface area (Å²) < 4.78 is 10.9. The lowest BCUT2D eigenvalue weighted by molar-refractivity contribution is -0.229. The fourth-order valence-corrected chi connectivity index (χ4v) is 1.37. The van der Waals surface area contributed by atoms with Crippen LogP contribution in [0, 0.1) is 0 Å². The molecule has 0 aromatic heterocycles. The van der Waals surface area contributed by atoms with Gasteiger partial charge in [-0.3, -0.25) is 0 Å². The van der Waals surface area contributed by atoms with E-state index in [0.717, 1.165) is 12.8 Å². The monoisotopic (exact) mass is 144 g/mol. The molecular weight excluding hydrogens is 128 g/mol. The quantitative estimate of drug-likeness (QED) is 0.560. The fourth-order valence-electron chi connectivity index (χ4n) is 1.37. The third-order valence-electron chi connectivity index (χ3n) is 1.86. The lowest BCUT2D eigenvalue weighted by Gasteiger charge is -2.31. The second kappa shape index (κ2) is 3.35. The highest BCUT2D eigenvalue weighted by Gasteiger charge is 2.22. The summed E-state index contributed by atoms with van der Waals surface area (Å²) in [6, 6.07) is 0. The predicted octanol–water partition coefficient (Wildman–Crippen LogP) is 1.94. The van der Waals surface area contributed by atoms with E-state index in [1.54, 1.807) is 0 Å². The smallest absolute Gasteiger partial charge is 0.155 e. The molecular formula is C8H16O2. The first kappa shape index (κ1) is 8.02. The summed E-state index contributed by atoms with van der Waals surface area (Å²) in [5.41, 5.74) is 0. The summed E-state index contributed by atoms with van der Waals surface area (Å²) in [7, 11) is 0. The van der Waals surface area contributed by atoms with Crippen LogP contribution in [0.2, 0.25) is 0 Å². The minimum atomic E-state index is -0.00583. The van der Waals surface area contributed by atoms with Crippen molar-refractivity contribution in [2.45, 2.75) is 52.1 Å². The Labute approximate surface area is 62.5 Å². The molecule has 0 radical (unpaired) electrons. The number of ether oxygens (including phenoxy) is 2. The van der Waals surface area contributed by atoms with Gasteiger partial charge in [-0.25, -0.2) is 0 Å². The molecule has 0 N–H and O–H groups in total. The Morgan fingerprint density at radius 3 is 2.50 bits per heavy atom. The van der Waals surface area contributed by atoms with Gasteiger partial charge in [-0.15, -0.1) is 0 Å². The first-order chi connectivity index (χ1) is 4.72. The molecule has 10 heavy (non-hydrogen) atoms. The van der Waals surface area contributed by atoms with Crippen LogP contribution in [0.1, 0.15) is 33.6 Å². The van der Waals surface area contributed by atoms with Crippen molar-refractivity contribution in [3.8, 4) is 0 Å². The maximum absolute atomic E-state index is 5.48. The first-order valence-corrected chi connectivity index (χ1v) is 4.03. The van der Waals surface area contributed by atoms with Crippen LogP contribution in [-0.4, -0.2) is 18.5 Å². The molecule has 0 aromatic carbocycles. The molecule has 3 atom stereocenters. The van der Waals surface area contributed by atoms with Gasteiger partial charge in [0.25, 0.3) is 0 Å². The van der Waals surface area contributed by atoms with Gasteiger partial charge in [0.05, 0.1) is 12.2 Å². The summed E-state index contributed by atoms with van der Waals surface area (Å²) in [6.45, 7) is 6.20. The van der Waals surface area contributed by atoms with Crippen LogP contribution in [-0.2, 0) is 9.47 Å². The predicted molar refractivity (Wildman–Crippen MR) is 39.8 cm³/mol. The molecule has 1 rings (SSSR count). The molecule has 0 aromatic rings. The van der Waals surface area contributed by atoms with Crippen molar-refractivity contribution in [3.63, 3.8) is 0 Å². The lowest BCUT2D eigenvalue weighted by atomic mass is 10.1. The van der Waals surface area contributed by atoms with Crippen molar-refractivity contribution in [2.24, 2.45) is 0 Å². The van der Waals surface area contributed by atoms with Gasteiger partial charge in [0.15, 0.2) is 6.29 Å². The van der Waals surface area contributed by atoms with Crippen LogP contribution in [0.4, 0.5) is 0 Å². The van der Waals surface area contributed by atoms with Crippen LogP contribution in [0.5, 0.6) is 0 Å². The van der Waals surface area contributed by atoms with E-state index in [0.29, 0.717) is 12.2 Å². The fraction of sp³-hybridized carbons (Fsp3) is 1.00. The molecule has 2 nitrogen and oxygen atoms in total. The minimum Gasteiger partial charge on any atom is -0.350 e. The van der Waals surface area contributed by atoms with Crippen molar-refractivity contribution in [1.29, 1.82) is 0 Å². The average molecular weight is 144 g/mol. The summed E-state index contributed by atoms with van der Waals surface area (Å²) in [5.74, 6) is 0. The Morgan fingerprint density at radius 1 is 1.30 bits per heavy atom. The molecule has 1 heterocycles. The van der Waals surface area contributed by atoms with Crippen LogP contribution in [0.25, 0.3) is 0 Å². The standard InChI is InChI=1S/C8H16O2/c1-4-8-5-6(2)9-7(3)10-8/h6-8H,4-5H2,1-3H3. The van der Waals surface area contributed by atoms with Gasteiger partial charge in [-0.2, -0.15) is 0 Å². The van der Waals surface area contributed by atoms with Crippen molar-refractivity contribution < 1.29 is 9.47 Å². The van der Waals surface area contributed by atoms with E-state index in [9.17, 15) is 0 Å². The maximum Gasteiger partial charge on any atom is 0.155 e. The molecule has 2 heteroatoms. The Bertz CT molecular complexity index is 93.4. The molecule has 1 fully saturated rings. The zero-order valence-electron chi connectivity index (χ0n) is 6.96. The van der Waals surface area contributed by atoms with E-state index in [2.05, 4.69) is 13.8 Å². The molecule has 1 aliphatic rings. The maximum atomic E-state index is 5.48. The molecule has 60 valence electrons. The Kier molecular flexibility index (Phi) is 2.69. The summed E-state index contributed by atoms with van der Waals surface area (Å²) >= 11 is 0. The van der Waals surface area contributed by atoms with Gasteiger partial charge in [0.2, 0.25) is 0 Å². The molecule has 0 saturated carbocycles. The molecule has 1 saturated heterocycles. The van der Waals surface area contributed by atoms with Crippen LogP contribution < -0.4 is 0 Å². The van der Waals surface area contributed by atoms with Gasteiger partial charge < -0.3 is 9.47 Å². The highest BCUT2D eigenvalue weighted by atomic mass is 16.7. The number of rotatable bonds is 1. The SMILES string of the molecule is CCC1CC(C)OC(C)O1.